The average Bonchev–Trinajstić information content (AvgIpc) is 2.95. The van der Waals surface area contributed by atoms with Crippen LogP contribution in [0.4, 0.5) is 4.79 Å². The molecule has 3 rings (SSSR count). The number of carbonyl (C=O) groups is 1. The molecule has 2 aliphatic heterocycles. The molecule has 0 radical (unpaired) electrons. The number of nitrogens with one attached hydrogen (secondary N) is 1. The zero-order chi connectivity index (χ0) is 14.9. The van der Waals surface area contributed by atoms with E-state index in [9.17, 15) is 4.79 Å². The Balaban J connectivity index is 1.60. The van der Waals surface area contributed by atoms with Crippen molar-refractivity contribution in [1.82, 2.24) is 10.2 Å². The summed E-state index contributed by atoms with van der Waals surface area (Å²) < 4.78 is 10.7. The van der Waals surface area contributed by atoms with Crippen LogP contribution >= 0.6 is 0 Å². The molecule has 1 unspecified atom stereocenters. The largest absolute Gasteiger partial charge is 0.497 e. The highest BCUT2D eigenvalue weighted by Crippen LogP contribution is 2.37. The van der Waals surface area contributed by atoms with E-state index in [2.05, 4.69) is 11.4 Å². The fourth-order valence-corrected chi connectivity index (χ4v) is 3.18. The topological polar surface area (TPSA) is 50.8 Å². The molecule has 21 heavy (non-hydrogen) atoms. The second kappa shape index (κ2) is 5.56. The van der Waals surface area contributed by atoms with Crippen LogP contribution in [0.5, 0.6) is 5.75 Å². The van der Waals surface area contributed by atoms with Gasteiger partial charge in [-0.1, -0.05) is 6.07 Å². The molecule has 1 aromatic rings. The highest BCUT2D eigenvalue weighted by Gasteiger charge is 2.49. The Labute approximate surface area is 125 Å². The molecule has 5 heteroatoms. The van der Waals surface area contributed by atoms with Gasteiger partial charge in [-0.15, -0.1) is 0 Å². The predicted octanol–water partition coefficient (Wildman–Crippen LogP) is 2.08. The number of likely N-dealkylation sites (tertiary alicyclic amines) is 1. The van der Waals surface area contributed by atoms with Crippen molar-refractivity contribution in [3.05, 3.63) is 29.3 Å². The Bertz CT molecular complexity index is 538. The quantitative estimate of drug-likeness (QED) is 0.927. The van der Waals surface area contributed by atoms with Gasteiger partial charge in [0, 0.05) is 19.7 Å². The number of hydrogen-bond acceptors (Lipinski definition) is 3. The fraction of sp³-hybridized carbons (Fsp3) is 0.562. The van der Waals surface area contributed by atoms with Crippen molar-refractivity contribution in [2.24, 2.45) is 0 Å². The summed E-state index contributed by atoms with van der Waals surface area (Å²) in [5.41, 5.74) is 2.15. The van der Waals surface area contributed by atoms with Crippen molar-refractivity contribution in [1.29, 1.82) is 0 Å². The highest BCUT2D eigenvalue weighted by atomic mass is 16.5. The molecule has 0 bridgehead atoms. The summed E-state index contributed by atoms with van der Waals surface area (Å²) in [7, 11) is 1.65. The number of benzene rings is 1. The predicted molar refractivity (Wildman–Crippen MR) is 79.5 cm³/mol. The van der Waals surface area contributed by atoms with Gasteiger partial charge < -0.3 is 19.7 Å². The van der Waals surface area contributed by atoms with Crippen molar-refractivity contribution in [3.8, 4) is 5.75 Å². The SMILES string of the molecule is COc1cc(C)cc(CNC(=O)N2CCC23CCOC3)c1. The smallest absolute Gasteiger partial charge is 0.318 e. The minimum atomic E-state index is -0.0334. The maximum Gasteiger partial charge on any atom is 0.318 e. The Hall–Kier alpha value is -1.75. The number of nitrogens with zero attached hydrogens (tertiary/aromatic N) is 1. The lowest BCUT2D eigenvalue weighted by atomic mass is 9.84. The van der Waals surface area contributed by atoms with Gasteiger partial charge in [0.2, 0.25) is 0 Å². The molecule has 1 atom stereocenters. The van der Waals surface area contributed by atoms with Crippen molar-refractivity contribution in [2.45, 2.75) is 31.8 Å². The van der Waals surface area contributed by atoms with Gasteiger partial charge in [0.05, 0.1) is 19.3 Å². The van der Waals surface area contributed by atoms with Crippen LogP contribution in [0.3, 0.4) is 0 Å². The van der Waals surface area contributed by atoms with Crippen LogP contribution in [-0.4, -0.2) is 43.3 Å². The first-order chi connectivity index (χ1) is 10.1. The molecular formula is C16H22N2O3. The zero-order valence-electron chi connectivity index (χ0n) is 12.6. The minimum Gasteiger partial charge on any atom is -0.497 e. The monoisotopic (exact) mass is 290 g/mol. The molecule has 2 amide bonds. The summed E-state index contributed by atoms with van der Waals surface area (Å²) in [6.07, 6.45) is 2.01. The summed E-state index contributed by atoms with van der Waals surface area (Å²) in [4.78, 5) is 14.3. The number of amides is 2. The molecule has 2 fully saturated rings. The summed E-state index contributed by atoms with van der Waals surface area (Å²) in [5.74, 6) is 0.823. The zero-order valence-corrected chi connectivity index (χ0v) is 12.6. The normalized spacial score (nSPS) is 24.0. The van der Waals surface area contributed by atoms with E-state index in [1.54, 1.807) is 7.11 Å². The lowest BCUT2D eigenvalue weighted by Gasteiger charge is -2.49. The van der Waals surface area contributed by atoms with E-state index < -0.39 is 0 Å². The fourth-order valence-electron chi connectivity index (χ4n) is 3.18. The number of urea groups is 1. The Kier molecular flexibility index (Phi) is 3.76. The van der Waals surface area contributed by atoms with Gasteiger partial charge in [0.25, 0.3) is 0 Å². The average molecular weight is 290 g/mol. The number of hydrogen-bond donors (Lipinski definition) is 1. The molecule has 5 nitrogen and oxygen atoms in total. The Morgan fingerprint density at radius 1 is 1.43 bits per heavy atom. The maximum absolute atomic E-state index is 12.3. The molecule has 114 valence electrons. The van der Waals surface area contributed by atoms with Crippen LogP contribution in [0.25, 0.3) is 0 Å². The molecule has 0 aromatic heterocycles. The van der Waals surface area contributed by atoms with E-state index in [0.29, 0.717) is 13.2 Å². The third-order valence-electron chi connectivity index (χ3n) is 4.49. The lowest BCUT2D eigenvalue weighted by Crippen LogP contribution is -2.64. The maximum atomic E-state index is 12.3. The molecular weight excluding hydrogens is 268 g/mol. The van der Waals surface area contributed by atoms with Gasteiger partial charge in [-0.2, -0.15) is 0 Å². The van der Waals surface area contributed by atoms with Crippen molar-refractivity contribution in [3.63, 3.8) is 0 Å². The second-order valence-corrected chi connectivity index (χ2v) is 5.95. The first-order valence-electron chi connectivity index (χ1n) is 7.41. The summed E-state index contributed by atoms with van der Waals surface area (Å²) in [6, 6.07) is 6.00. The molecule has 2 aliphatic rings. The standard InChI is InChI=1S/C16H22N2O3/c1-12-7-13(9-14(8-12)20-2)10-17-15(19)18-5-3-16(18)4-6-21-11-16/h7-9H,3-6,10-11H2,1-2H3,(H,17,19). The van der Waals surface area contributed by atoms with Gasteiger partial charge in [-0.25, -0.2) is 4.79 Å². The summed E-state index contributed by atoms with van der Waals surface area (Å²) in [6.45, 7) is 4.81. The third kappa shape index (κ3) is 2.70. The number of ether oxygens (including phenoxy) is 2. The van der Waals surface area contributed by atoms with Crippen LogP contribution in [0.15, 0.2) is 18.2 Å². The van der Waals surface area contributed by atoms with Crippen LogP contribution in [0.1, 0.15) is 24.0 Å². The van der Waals surface area contributed by atoms with E-state index in [0.717, 1.165) is 42.9 Å². The van der Waals surface area contributed by atoms with Gasteiger partial charge in [-0.3, -0.25) is 0 Å². The van der Waals surface area contributed by atoms with Gasteiger partial charge in [-0.05, 0) is 43.0 Å². The minimum absolute atomic E-state index is 0.00669. The van der Waals surface area contributed by atoms with Crippen LogP contribution in [0, 0.1) is 6.92 Å². The van der Waals surface area contributed by atoms with Crippen molar-refractivity contribution >= 4 is 6.03 Å². The molecule has 1 spiro atoms. The van der Waals surface area contributed by atoms with Crippen molar-refractivity contribution < 1.29 is 14.3 Å². The Morgan fingerprint density at radius 3 is 2.90 bits per heavy atom. The van der Waals surface area contributed by atoms with Crippen LogP contribution in [0.2, 0.25) is 0 Å². The first kappa shape index (κ1) is 14.2. The number of carbonyl (C=O) groups excluding carboxylic acids is 1. The van der Waals surface area contributed by atoms with E-state index in [4.69, 9.17) is 9.47 Å². The van der Waals surface area contributed by atoms with Crippen LogP contribution < -0.4 is 10.1 Å². The lowest BCUT2D eigenvalue weighted by molar-refractivity contribution is 0.0141. The Morgan fingerprint density at radius 2 is 2.29 bits per heavy atom. The van der Waals surface area contributed by atoms with E-state index in [1.807, 2.05) is 24.0 Å². The molecule has 2 saturated heterocycles. The van der Waals surface area contributed by atoms with Crippen molar-refractivity contribution in [2.75, 3.05) is 26.9 Å². The molecule has 0 saturated carbocycles. The summed E-state index contributed by atoms with van der Waals surface area (Å²) in [5, 5.41) is 3.01. The molecule has 0 aliphatic carbocycles. The van der Waals surface area contributed by atoms with Gasteiger partial charge >= 0.3 is 6.03 Å². The van der Waals surface area contributed by atoms with Gasteiger partial charge in [0.15, 0.2) is 0 Å². The number of methoxy groups -OCH3 is 1. The molecule has 1 aromatic carbocycles. The van der Waals surface area contributed by atoms with E-state index in [1.165, 1.54) is 0 Å². The van der Waals surface area contributed by atoms with E-state index in [-0.39, 0.29) is 11.6 Å². The molecule has 1 N–H and O–H groups in total. The molecule has 2 heterocycles. The third-order valence-corrected chi connectivity index (χ3v) is 4.49. The summed E-state index contributed by atoms with van der Waals surface area (Å²) >= 11 is 0. The number of aryl methyl sites for hydroxylation is 1. The number of rotatable bonds is 3. The van der Waals surface area contributed by atoms with Crippen LogP contribution in [-0.2, 0) is 11.3 Å². The second-order valence-electron chi connectivity index (χ2n) is 5.95. The first-order valence-corrected chi connectivity index (χ1v) is 7.41. The van der Waals surface area contributed by atoms with Gasteiger partial charge in [0.1, 0.15) is 5.75 Å². The highest BCUT2D eigenvalue weighted by molar-refractivity contribution is 5.76. The van der Waals surface area contributed by atoms with E-state index >= 15 is 0 Å².